The molecule has 2 N–H and O–H groups in total. The summed E-state index contributed by atoms with van der Waals surface area (Å²) in [5, 5.41) is 12.9. The van der Waals surface area contributed by atoms with Crippen LogP contribution in [0, 0.1) is 5.82 Å². The van der Waals surface area contributed by atoms with E-state index < -0.39 is 11.4 Å². The number of anilines is 2. The van der Waals surface area contributed by atoms with Crippen molar-refractivity contribution in [3.63, 3.8) is 0 Å². The number of hydrogen-bond acceptors (Lipinski definition) is 7. The topological polar surface area (TPSA) is 104 Å². The predicted molar refractivity (Wildman–Crippen MR) is 149 cm³/mol. The lowest BCUT2D eigenvalue weighted by Gasteiger charge is -2.27. The van der Waals surface area contributed by atoms with Crippen molar-refractivity contribution in [1.82, 2.24) is 19.4 Å². The van der Waals surface area contributed by atoms with Crippen molar-refractivity contribution >= 4 is 28.4 Å². The number of aromatic nitrogens is 3. The highest BCUT2D eigenvalue weighted by Crippen LogP contribution is 2.49. The van der Waals surface area contributed by atoms with Gasteiger partial charge in [0.1, 0.15) is 17.0 Å². The number of aryl methyl sites for hydroxylation is 1. The average molecular weight is 529 g/mol. The van der Waals surface area contributed by atoms with Crippen molar-refractivity contribution in [1.29, 1.82) is 0 Å². The molecule has 2 aliphatic rings. The second kappa shape index (κ2) is 9.16. The fourth-order valence-electron chi connectivity index (χ4n) is 5.97. The zero-order chi connectivity index (χ0) is 27.6. The van der Waals surface area contributed by atoms with Crippen molar-refractivity contribution in [2.75, 3.05) is 44.4 Å². The van der Waals surface area contributed by atoms with E-state index in [0.717, 1.165) is 58.8 Å². The number of hydrogen-bond donors (Lipinski definition) is 2. The number of nitrogens with one attached hydrogen (secondary N) is 1. The summed E-state index contributed by atoms with van der Waals surface area (Å²) < 4.78 is 16.3. The fourth-order valence-corrected chi connectivity index (χ4v) is 5.97. The van der Waals surface area contributed by atoms with Gasteiger partial charge in [-0.2, -0.15) is 0 Å². The molecule has 1 atom stereocenters. The monoisotopic (exact) mass is 528 g/mol. The predicted octanol–water partition coefficient (Wildman–Crippen LogP) is 3.59. The molecular formula is C29H29FN6O3. The van der Waals surface area contributed by atoms with Gasteiger partial charge in [0.2, 0.25) is 5.43 Å². The maximum atomic E-state index is 14.8. The van der Waals surface area contributed by atoms with E-state index in [9.17, 15) is 19.1 Å². The van der Waals surface area contributed by atoms with E-state index in [1.165, 1.54) is 12.3 Å². The summed E-state index contributed by atoms with van der Waals surface area (Å²) in [5.41, 5.74) is 6.17. The Bertz CT molecular complexity index is 1730. The lowest BCUT2D eigenvalue weighted by Crippen LogP contribution is -2.31. The van der Waals surface area contributed by atoms with Gasteiger partial charge in [-0.25, -0.2) is 14.2 Å². The Hall–Kier alpha value is -4.31. The third kappa shape index (κ3) is 3.94. The molecule has 1 aliphatic heterocycles. The molecule has 10 heteroatoms. The molecule has 4 heterocycles. The van der Waals surface area contributed by atoms with Gasteiger partial charge < -0.3 is 24.8 Å². The number of aromatic carboxylic acids is 1. The Labute approximate surface area is 224 Å². The number of pyridine rings is 3. The molecule has 4 aromatic rings. The molecule has 9 nitrogen and oxygen atoms in total. The van der Waals surface area contributed by atoms with E-state index in [4.69, 9.17) is 4.98 Å². The third-order valence-corrected chi connectivity index (χ3v) is 7.99. The minimum Gasteiger partial charge on any atom is -0.477 e. The van der Waals surface area contributed by atoms with Crippen LogP contribution in [-0.2, 0) is 13.5 Å². The zero-order valence-corrected chi connectivity index (χ0v) is 22.2. The first-order chi connectivity index (χ1) is 18.7. The lowest BCUT2D eigenvalue weighted by atomic mass is 9.97. The number of carbonyl (C=O) groups is 1. The van der Waals surface area contributed by atoms with Crippen molar-refractivity contribution < 1.29 is 14.3 Å². The van der Waals surface area contributed by atoms with Crippen LogP contribution in [0.1, 0.15) is 28.0 Å². The van der Waals surface area contributed by atoms with Gasteiger partial charge in [0.05, 0.1) is 16.8 Å². The second-order valence-corrected chi connectivity index (χ2v) is 10.5. The van der Waals surface area contributed by atoms with E-state index in [0.29, 0.717) is 23.7 Å². The number of nitrogens with zero attached hydrogens (tertiary/aromatic N) is 5. The highest BCUT2D eigenvalue weighted by atomic mass is 19.1. The summed E-state index contributed by atoms with van der Waals surface area (Å²) in [7, 11) is 7.59. The van der Waals surface area contributed by atoms with Gasteiger partial charge in [0, 0.05) is 80.6 Å². The molecule has 0 radical (unpaired) electrons. The lowest BCUT2D eigenvalue weighted by molar-refractivity contribution is 0.0695. The highest BCUT2D eigenvalue weighted by molar-refractivity contribution is 5.98. The highest BCUT2D eigenvalue weighted by Gasteiger charge is 2.34. The minimum absolute atomic E-state index is 0.220. The number of rotatable bonds is 5. The van der Waals surface area contributed by atoms with Crippen LogP contribution in [0.2, 0.25) is 0 Å². The number of carboxylic acid groups (broad SMARTS) is 1. The number of carboxylic acids is 1. The van der Waals surface area contributed by atoms with Crippen LogP contribution in [0.15, 0.2) is 41.6 Å². The Kier molecular flexibility index (Phi) is 5.87. The molecular weight excluding hydrogens is 499 g/mol. The van der Waals surface area contributed by atoms with Gasteiger partial charge in [-0.3, -0.25) is 9.78 Å². The van der Waals surface area contributed by atoms with Gasteiger partial charge in [0.15, 0.2) is 0 Å². The van der Waals surface area contributed by atoms with Crippen LogP contribution < -0.4 is 15.6 Å². The largest absolute Gasteiger partial charge is 0.477 e. The molecule has 200 valence electrons. The molecule has 0 spiro atoms. The average Bonchev–Trinajstić information content (AvgIpc) is 3.55. The molecule has 3 aromatic heterocycles. The fraction of sp³-hybridized carbons (Fsp3) is 0.310. The van der Waals surface area contributed by atoms with E-state index in [1.807, 2.05) is 0 Å². The van der Waals surface area contributed by atoms with E-state index in [-0.39, 0.29) is 16.8 Å². The van der Waals surface area contributed by atoms with Crippen molar-refractivity contribution in [2.24, 2.45) is 7.05 Å². The maximum Gasteiger partial charge on any atom is 0.341 e. The van der Waals surface area contributed by atoms with Crippen molar-refractivity contribution in [3.8, 4) is 22.3 Å². The summed E-state index contributed by atoms with van der Waals surface area (Å²) in [6.07, 6.45) is 6.33. The molecule has 1 aliphatic carbocycles. The Morgan fingerprint density at radius 1 is 1.18 bits per heavy atom. The van der Waals surface area contributed by atoms with Crippen LogP contribution in [-0.4, -0.2) is 70.8 Å². The van der Waals surface area contributed by atoms with Crippen molar-refractivity contribution in [3.05, 3.63) is 69.7 Å². The van der Waals surface area contributed by atoms with Gasteiger partial charge >= 0.3 is 5.97 Å². The van der Waals surface area contributed by atoms with Crippen LogP contribution in [0.25, 0.3) is 33.3 Å². The summed E-state index contributed by atoms with van der Waals surface area (Å²) in [4.78, 5) is 38.7. The molecule has 1 aromatic carbocycles. The first-order valence-corrected chi connectivity index (χ1v) is 12.8. The molecule has 39 heavy (non-hydrogen) atoms. The summed E-state index contributed by atoms with van der Waals surface area (Å²) >= 11 is 0. The smallest absolute Gasteiger partial charge is 0.341 e. The number of likely N-dealkylation sites (N-methyl/N-ethyl adjacent to an activating group) is 1. The number of benzene rings is 1. The van der Waals surface area contributed by atoms with Gasteiger partial charge in [-0.05, 0) is 49.8 Å². The third-order valence-electron chi connectivity index (χ3n) is 7.99. The molecule has 0 saturated carbocycles. The van der Waals surface area contributed by atoms with Crippen molar-refractivity contribution in [2.45, 2.75) is 18.9 Å². The normalized spacial score (nSPS) is 16.2. The maximum absolute atomic E-state index is 14.8. The van der Waals surface area contributed by atoms with Crippen LogP contribution in [0.4, 0.5) is 15.8 Å². The molecule has 1 saturated heterocycles. The molecule has 1 unspecified atom stereocenters. The quantitative estimate of drug-likeness (QED) is 0.357. The SMILES string of the molecule is CNc1cc(F)cc2c1Cc1ncc(-c3cnc4c(c3)c(=O)c(C(=O)O)cn4C)c(N3CCC(N(C)C)C3)c1-2. The van der Waals surface area contributed by atoms with Crippen LogP contribution in [0.5, 0.6) is 0 Å². The summed E-state index contributed by atoms with van der Waals surface area (Å²) in [6.45, 7) is 1.59. The first-order valence-electron chi connectivity index (χ1n) is 12.8. The van der Waals surface area contributed by atoms with E-state index in [1.54, 1.807) is 43.2 Å². The Balaban J connectivity index is 1.62. The summed E-state index contributed by atoms with van der Waals surface area (Å²) in [6, 6.07) is 5.13. The first kappa shape index (κ1) is 25.0. The van der Waals surface area contributed by atoms with Crippen LogP contribution >= 0.6 is 0 Å². The standard InChI is InChI=1S/C29H29FN6O3/c1-31-23-9-16(30)8-19-18(23)10-24-25(19)26(36-6-5-17(13-36)34(2)3)21(12-32-24)15-7-20-27(37)22(29(38)39)14-35(4)28(20)33-11-15/h7-9,11-12,14,17,31H,5-6,10,13H2,1-4H3,(H,38,39). The Morgan fingerprint density at radius 2 is 1.97 bits per heavy atom. The van der Waals surface area contributed by atoms with Gasteiger partial charge in [-0.1, -0.05) is 0 Å². The van der Waals surface area contributed by atoms with Gasteiger partial charge in [0.25, 0.3) is 0 Å². The van der Waals surface area contributed by atoms with Gasteiger partial charge in [-0.15, -0.1) is 0 Å². The zero-order valence-electron chi connectivity index (χ0n) is 22.2. The molecule has 0 amide bonds. The van der Waals surface area contributed by atoms with Crippen LogP contribution in [0.3, 0.4) is 0 Å². The van der Waals surface area contributed by atoms with E-state index in [2.05, 4.69) is 34.2 Å². The second-order valence-electron chi connectivity index (χ2n) is 10.5. The molecule has 1 fully saturated rings. The minimum atomic E-state index is -1.28. The molecule has 6 rings (SSSR count). The number of halogens is 1. The Morgan fingerprint density at radius 3 is 2.67 bits per heavy atom. The number of fused-ring (bicyclic) bond motifs is 4. The van der Waals surface area contributed by atoms with E-state index >= 15 is 0 Å². The molecule has 0 bridgehead atoms. The summed E-state index contributed by atoms with van der Waals surface area (Å²) in [5.74, 6) is -1.61.